The maximum atomic E-state index is 11.5. The van der Waals surface area contributed by atoms with Gasteiger partial charge in [-0.15, -0.1) is 0 Å². The summed E-state index contributed by atoms with van der Waals surface area (Å²) in [6.45, 7) is 3.92. The van der Waals surface area contributed by atoms with Crippen molar-refractivity contribution in [1.82, 2.24) is 10.3 Å². The molecule has 0 saturated heterocycles. The Balaban J connectivity index is 2.61. The summed E-state index contributed by atoms with van der Waals surface area (Å²) in [5.74, 6) is -0.101. The van der Waals surface area contributed by atoms with Crippen LogP contribution in [-0.4, -0.2) is 29.4 Å². The Morgan fingerprint density at radius 1 is 1.65 bits per heavy atom. The summed E-state index contributed by atoms with van der Waals surface area (Å²) in [7, 11) is 1.57. The van der Waals surface area contributed by atoms with Crippen LogP contribution in [0.2, 0.25) is 0 Å². The van der Waals surface area contributed by atoms with Crippen LogP contribution in [0.25, 0.3) is 0 Å². The van der Waals surface area contributed by atoms with E-state index in [-0.39, 0.29) is 10.9 Å². The molecule has 17 heavy (non-hydrogen) atoms. The van der Waals surface area contributed by atoms with Gasteiger partial charge < -0.3 is 10.6 Å². The number of hydrogen-bond acceptors (Lipinski definition) is 6. The van der Waals surface area contributed by atoms with E-state index in [0.717, 1.165) is 11.3 Å². The van der Waals surface area contributed by atoms with Gasteiger partial charge in [0.1, 0.15) is 6.20 Å². The predicted molar refractivity (Wildman–Crippen MR) is 65.1 cm³/mol. The standard InChI is InChI=1S/C9H14N4O3S/c1-9(2,7(14)10-3)5-12-8-11-4-6(17-8)13(15)16/h4H,5H2,1-3H3,(H,10,14)(H,11,12). The van der Waals surface area contributed by atoms with E-state index >= 15 is 0 Å². The molecule has 1 aromatic heterocycles. The van der Waals surface area contributed by atoms with Gasteiger partial charge in [0.25, 0.3) is 0 Å². The second kappa shape index (κ2) is 5.09. The lowest BCUT2D eigenvalue weighted by molar-refractivity contribution is -0.380. The minimum Gasteiger partial charge on any atom is -0.360 e. The molecular formula is C9H14N4O3S. The van der Waals surface area contributed by atoms with E-state index in [9.17, 15) is 14.9 Å². The Bertz CT molecular complexity index is 430. The molecule has 0 saturated carbocycles. The monoisotopic (exact) mass is 258 g/mol. The van der Waals surface area contributed by atoms with Gasteiger partial charge in [-0.1, -0.05) is 0 Å². The average molecular weight is 258 g/mol. The van der Waals surface area contributed by atoms with Crippen LogP contribution in [0.4, 0.5) is 10.1 Å². The van der Waals surface area contributed by atoms with Crippen molar-refractivity contribution in [3.05, 3.63) is 16.3 Å². The molecule has 0 aliphatic carbocycles. The van der Waals surface area contributed by atoms with Gasteiger partial charge in [-0.2, -0.15) is 0 Å². The number of carbonyl (C=O) groups excluding carboxylic acids is 1. The molecule has 2 N–H and O–H groups in total. The van der Waals surface area contributed by atoms with Crippen LogP contribution in [0.5, 0.6) is 0 Å². The van der Waals surface area contributed by atoms with Crippen LogP contribution < -0.4 is 10.6 Å². The van der Waals surface area contributed by atoms with Crippen molar-refractivity contribution in [2.24, 2.45) is 5.41 Å². The Hall–Kier alpha value is -1.70. The first-order chi connectivity index (χ1) is 7.86. The highest BCUT2D eigenvalue weighted by Gasteiger charge is 2.26. The topological polar surface area (TPSA) is 97.2 Å². The summed E-state index contributed by atoms with van der Waals surface area (Å²) in [6, 6.07) is 0. The number of nitrogens with one attached hydrogen (secondary N) is 2. The number of nitrogens with zero attached hydrogens (tertiary/aromatic N) is 2. The highest BCUT2D eigenvalue weighted by atomic mass is 32.1. The second-order valence-electron chi connectivity index (χ2n) is 4.08. The summed E-state index contributed by atoms with van der Waals surface area (Å²) < 4.78 is 0. The molecule has 0 aliphatic heterocycles. The average Bonchev–Trinajstić information content (AvgIpc) is 2.74. The van der Waals surface area contributed by atoms with Gasteiger partial charge in [0.05, 0.1) is 10.3 Å². The summed E-state index contributed by atoms with van der Waals surface area (Å²) in [6.07, 6.45) is 1.19. The minimum absolute atomic E-state index is 0.0229. The Kier molecular flexibility index (Phi) is 4.00. The summed E-state index contributed by atoms with van der Waals surface area (Å²) in [4.78, 5) is 25.3. The molecule has 1 amide bonds. The van der Waals surface area contributed by atoms with E-state index in [1.807, 2.05) is 0 Å². The normalized spacial score (nSPS) is 11.0. The van der Waals surface area contributed by atoms with Crippen molar-refractivity contribution in [3.8, 4) is 0 Å². The SMILES string of the molecule is CNC(=O)C(C)(C)CNc1ncc([N+](=O)[O-])s1. The summed E-state index contributed by atoms with van der Waals surface area (Å²) in [5.41, 5.74) is -0.602. The van der Waals surface area contributed by atoms with Crippen LogP contribution in [-0.2, 0) is 4.79 Å². The van der Waals surface area contributed by atoms with Crippen molar-refractivity contribution in [2.75, 3.05) is 18.9 Å². The molecule has 0 bridgehead atoms. The first kappa shape index (κ1) is 13.4. The fourth-order valence-corrected chi connectivity index (χ4v) is 1.77. The number of nitro groups is 1. The van der Waals surface area contributed by atoms with E-state index in [4.69, 9.17) is 0 Å². The molecule has 1 aromatic rings. The molecule has 0 radical (unpaired) electrons. The molecular weight excluding hydrogens is 244 g/mol. The fourth-order valence-electron chi connectivity index (χ4n) is 1.15. The van der Waals surface area contributed by atoms with Gasteiger partial charge in [0.2, 0.25) is 5.91 Å². The molecule has 1 rings (SSSR count). The largest absolute Gasteiger partial charge is 0.360 e. The number of aromatic nitrogens is 1. The van der Waals surface area contributed by atoms with Crippen molar-refractivity contribution < 1.29 is 9.72 Å². The van der Waals surface area contributed by atoms with E-state index in [0.29, 0.717) is 11.7 Å². The zero-order valence-corrected chi connectivity index (χ0v) is 10.6. The first-order valence-corrected chi connectivity index (χ1v) is 5.75. The molecule has 7 nitrogen and oxygen atoms in total. The highest BCUT2D eigenvalue weighted by molar-refractivity contribution is 7.18. The van der Waals surface area contributed by atoms with Crippen LogP contribution in [0.3, 0.4) is 0 Å². The first-order valence-electron chi connectivity index (χ1n) is 4.93. The van der Waals surface area contributed by atoms with Gasteiger partial charge in [0.15, 0.2) is 5.13 Å². The molecule has 94 valence electrons. The van der Waals surface area contributed by atoms with E-state index < -0.39 is 10.3 Å². The van der Waals surface area contributed by atoms with Gasteiger partial charge in [0, 0.05) is 13.6 Å². The third-order valence-electron chi connectivity index (χ3n) is 2.20. The molecule has 0 spiro atoms. The lowest BCUT2D eigenvalue weighted by Gasteiger charge is -2.22. The number of carbonyl (C=O) groups is 1. The molecule has 0 aromatic carbocycles. The number of amides is 1. The molecule has 0 atom stereocenters. The molecule has 8 heteroatoms. The zero-order chi connectivity index (χ0) is 13.1. The molecule has 0 aliphatic rings. The maximum Gasteiger partial charge on any atom is 0.345 e. The van der Waals surface area contributed by atoms with Crippen molar-refractivity contribution >= 4 is 27.4 Å². The Morgan fingerprint density at radius 2 is 2.29 bits per heavy atom. The van der Waals surface area contributed by atoms with Crippen LogP contribution in [0, 0.1) is 15.5 Å². The fraction of sp³-hybridized carbons (Fsp3) is 0.556. The van der Waals surface area contributed by atoms with Gasteiger partial charge in [-0.3, -0.25) is 14.9 Å². The van der Waals surface area contributed by atoms with E-state index in [1.165, 1.54) is 6.20 Å². The third-order valence-corrected chi connectivity index (χ3v) is 3.10. The maximum absolute atomic E-state index is 11.5. The number of rotatable bonds is 5. The van der Waals surface area contributed by atoms with Gasteiger partial charge >= 0.3 is 5.00 Å². The van der Waals surface area contributed by atoms with Crippen LogP contribution in [0.1, 0.15) is 13.8 Å². The minimum atomic E-state index is -0.602. The molecule has 0 fully saturated rings. The Morgan fingerprint density at radius 3 is 2.76 bits per heavy atom. The van der Waals surface area contributed by atoms with Crippen molar-refractivity contribution in [3.63, 3.8) is 0 Å². The quantitative estimate of drug-likeness (QED) is 0.611. The van der Waals surface area contributed by atoms with Gasteiger partial charge in [-0.25, -0.2) is 4.98 Å². The summed E-state index contributed by atoms with van der Waals surface area (Å²) in [5, 5.41) is 16.3. The van der Waals surface area contributed by atoms with Crippen LogP contribution in [0.15, 0.2) is 6.20 Å². The van der Waals surface area contributed by atoms with Gasteiger partial charge in [-0.05, 0) is 25.2 Å². The number of thiazole rings is 1. The predicted octanol–water partition coefficient (Wildman–Crippen LogP) is 1.24. The Labute approximate surface area is 102 Å². The summed E-state index contributed by atoms with van der Waals surface area (Å²) >= 11 is 0.948. The smallest absolute Gasteiger partial charge is 0.345 e. The van der Waals surface area contributed by atoms with Crippen molar-refractivity contribution in [1.29, 1.82) is 0 Å². The van der Waals surface area contributed by atoms with Crippen LogP contribution >= 0.6 is 11.3 Å². The third kappa shape index (κ3) is 3.38. The number of hydrogen-bond donors (Lipinski definition) is 2. The second-order valence-corrected chi connectivity index (χ2v) is 5.09. The lowest BCUT2D eigenvalue weighted by atomic mass is 9.92. The lowest BCUT2D eigenvalue weighted by Crippen LogP contribution is -2.39. The van der Waals surface area contributed by atoms with E-state index in [1.54, 1.807) is 20.9 Å². The van der Waals surface area contributed by atoms with E-state index in [2.05, 4.69) is 15.6 Å². The van der Waals surface area contributed by atoms with Crippen molar-refractivity contribution in [2.45, 2.75) is 13.8 Å². The zero-order valence-electron chi connectivity index (χ0n) is 9.81. The molecule has 1 heterocycles. The number of anilines is 1. The molecule has 0 unspecified atom stereocenters. The highest BCUT2D eigenvalue weighted by Crippen LogP contribution is 2.26.